The van der Waals surface area contributed by atoms with Gasteiger partial charge in [-0.25, -0.2) is 13.1 Å². The molecule has 1 saturated carbocycles. The minimum absolute atomic E-state index is 0.126. The molecule has 2 N–H and O–H groups in total. The smallest absolute Gasteiger partial charge is 0.244 e. The molecule has 2 atom stereocenters. The van der Waals surface area contributed by atoms with Crippen LogP contribution in [-0.4, -0.2) is 33.8 Å². The molecule has 118 valence electrons. The summed E-state index contributed by atoms with van der Waals surface area (Å²) < 4.78 is 32.6. The lowest BCUT2D eigenvalue weighted by atomic mass is 9.80. The average Bonchev–Trinajstić information content (AvgIpc) is 2.53. The number of hydrogen-bond donors (Lipinski definition) is 2. The van der Waals surface area contributed by atoms with Crippen LogP contribution < -0.4 is 9.46 Å². The first-order valence-corrected chi connectivity index (χ1v) is 8.80. The largest absolute Gasteiger partial charge is 0.495 e. The molecule has 21 heavy (non-hydrogen) atoms. The number of ether oxygens (including phenoxy) is 1. The van der Waals surface area contributed by atoms with Gasteiger partial charge in [0.2, 0.25) is 10.0 Å². The molecule has 0 amide bonds. The van der Waals surface area contributed by atoms with Crippen molar-refractivity contribution in [2.24, 2.45) is 11.8 Å². The van der Waals surface area contributed by atoms with Gasteiger partial charge in [-0.1, -0.05) is 25.0 Å². The van der Waals surface area contributed by atoms with Crippen LogP contribution in [0.1, 0.15) is 25.7 Å². The zero-order valence-corrected chi connectivity index (χ0v) is 13.1. The Morgan fingerprint density at radius 3 is 2.57 bits per heavy atom. The van der Waals surface area contributed by atoms with E-state index in [1.807, 2.05) is 0 Å². The quantitative estimate of drug-likeness (QED) is 0.839. The molecule has 2 unspecified atom stereocenters. The molecule has 0 heterocycles. The number of methoxy groups -OCH3 is 1. The summed E-state index contributed by atoms with van der Waals surface area (Å²) in [6.07, 6.45) is 4.13. The van der Waals surface area contributed by atoms with E-state index in [4.69, 9.17) is 4.74 Å². The molecule has 0 aliphatic heterocycles. The Bertz CT molecular complexity index is 559. The second-order valence-corrected chi connectivity index (χ2v) is 7.23. The fraction of sp³-hybridized carbons (Fsp3) is 0.600. The maximum atomic E-state index is 12.4. The third-order valence-electron chi connectivity index (χ3n) is 4.20. The van der Waals surface area contributed by atoms with Gasteiger partial charge in [0.25, 0.3) is 0 Å². The van der Waals surface area contributed by atoms with Crippen LogP contribution in [0.15, 0.2) is 29.2 Å². The van der Waals surface area contributed by atoms with E-state index in [2.05, 4.69) is 4.72 Å². The van der Waals surface area contributed by atoms with E-state index < -0.39 is 10.0 Å². The molecule has 1 aliphatic carbocycles. The lowest BCUT2D eigenvalue weighted by Crippen LogP contribution is -2.35. The van der Waals surface area contributed by atoms with Gasteiger partial charge >= 0.3 is 0 Å². The summed E-state index contributed by atoms with van der Waals surface area (Å²) in [5, 5.41) is 9.39. The number of benzene rings is 1. The highest BCUT2D eigenvalue weighted by molar-refractivity contribution is 7.89. The third-order valence-corrected chi connectivity index (χ3v) is 5.66. The highest BCUT2D eigenvalue weighted by atomic mass is 32.2. The number of para-hydroxylation sites is 1. The van der Waals surface area contributed by atoms with E-state index >= 15 is 0 Å². The second kappa shape index (κ2) is 7.24. The van der Waals surface area contributed by atoms with Crippen LogP contribution in [0.5, 0.6) is 5.75 Å². The minimum atomic E-state index is -3.59. The molecule has 0 spiro atoms. The number of nitrogens with one attached hydrogen (secondary N) is 1. The van der Waals surface area contributed by atoms with Crippen molar-refractivity contribution in [1.82, 2.24) is 4.72 Å². The van der Waals surface area contributed by atoms with E-state index in [-0.39, 0.29) is 23.3 Å². The fourth-order valence-corrected chi connectivity index (χ4v) is 4.19. The Balaban J connectivity index is 2.07. The van der Waals surface area contributed by atoms with Gasteiger partial charge in [0.1, 0.15) is 10.6 Å². The number of aliphatic hydroxyl groups is 1. The normalized spacial score (nSPS) is 23.0. The van der Waals surface area contributed by atoms with Crippen molar-refractivity contribution in [2.45, 2.75) is 30.6 Å². The minimum Gasteiger partial charge on any atom is -0.495 e. The van der Waals surface area contributed by atoms with Crippen LogP contribution in [0.2, 0.25) is 0 Å². The van der Waals surface area contributed by atoms with E-state index in [9.17, 15) is 13.5 Å². The van der Waals surface area contributed by atoms with Gasteiger partial charge in [0, 0.05) is 13.2 Å². The number of aliphatic hydroxyl groups excluding tert-OH is 1. The SMILES string of the molecule is COc1ccccc1S(=O)(=O)NCC1CCCCC1CO. The van der Waals surface area contributed by atoms with Crippen molar-refractivity contribution in [3.05, 3.63) is 24.3 Å². The standard InChI is InChI=1S/C15H23NO4S/c1-20-14-8-4-5-9-15(14)21(18,19)16-10-12-6-2-3-7-13(12)11-17/h4-5,8-9,12-13,16-17H,2-3,6-7,10-11H2,1H3. The van der Waals surface area contributed by atoms with Crippen LogP contribution in [0.3, 0.4) is 0 Å². The summed E-state index contributed by atoms with van der Waals surface area (Å²) in [6, 6.07) is 6.58. The predicted octanol–water partition coefficient (Wildman–Crippen LogP) is 1.77. The van der Waals surface area contributed by atoms with E-state index in [1.165, 1.54) is 13.2 Å². The van der Waals surface area contributed by atoms with Crippen LogP contribution in [0.25, 0.3) is 0 Å². The van der Waals surface area contributed by atoms with Gasteiger partial charge in [0.15, 0.2) is 0 Å². The van der Waals surface area contributed by atoms with Crippen LogP contribution in [0, 0.1) is 11.8 Å². The van der Waals surface area contributed by atoms with E-state index in [1.54, 1.807) is 18.2 Å². The van der Waals surface area contributed by atoms with Gasteiger partial charge in [-0.2, -0.15) is 0 Å². The van der Waals surface area contributed by atoms with Gasteiger partial charge in [0.05, 0.1) is 7.11 Å². The van der Waals surface area contributed by atoms with E-state index in [0.717, 1.165) is 25.7 Å². The molecule has 5 nitrogen and oxygen atoms in total. The zero-order chi connectivity index (χ0) is 15.3. The number of hydrogen-bond acceptors (Lipinski definition) is 4. The first kappa shape index (κ1) is 16.3. The Morgan fingerprint density at radius 2 is 1.90 bits per heavy atom. The highest BCUT2D eigenvalue weighted by Crippen LogP contribution is 2.30. The Labute approximate surface area is 126 Å². The molecule has 6 heteroatoms. The van der Waals surface area contributed by atoms with Gasteiger partial charge in [-0.3, -0.25) is 0 Å². The maximum Gasteiger partial charge on any atom is 0.244 e. The topological polar surface area (TPSA) is 75.6 Å². The molecule has 1 aromatic carbocycles. The molecular formula is C15H23NO4S. The summed E-state index contributed by atoms with van der Waals surface area (Å²) in [7, 11) is -2.14. The number of sulfonamides is 1. The second-order valence-electron chi connectivity index (χ2n) is 5.49. The van der Waals surface area contributed by atoms with Crippen LogP contribution in [0.4, 0.5) is 0 Å². The molecule has 1 fully saturated rings. The van der Waals surface area contributed by atoms with Crippen molar-refractivity contribution < 1.29 is 18.3 Å². The highest BCUT2D eigenvalue weighted by Gasteiger charge is 2.27. The lowest BCUT2D eigenvalue weighted by Gasteiger charge is -2.30. The van der Waals surface area contributed by atoms with Crippen LogP contribution >= 0.6 is 0 Å². The molecule has 1 aromatic rings. The monoisotopic (exact) mass is 313 g/mol. The fourth-order valence-electron chi connectivity index (χ4n) is 2.93. The van der Waals surface area contributed by atoms with Crippen molar-refractivity contribution in [3.8, 4) is 5.75 Å². The third kappa shape index (κ3) is 3.96. The molecular weight excluding hydrogens is 290 g/mol. The van der Waals surface area contributed by atoms with Crippen molar-refractivity contribution >= 4 is 10.0 Å². The Hall–Kier alpha value is -1.11. The van der Waals surface area contributed by atoms with E-state index in [0.29, 0.717) is 12.3 Å². The summed E-state index contributed by atoms with van der Waals surface area (Å²) in [6.45, 7) is 0.493. The molecule has 0 radical (unpaired) electrons. The van der Waals surface area contributed by atoms with Gasteiger partial charge in [-0.15, -0.1) is 0 Å². The zero-order valence-electron chi connectivity index (χ0n) is 12.3. The summed E-state index contributed by atoms with van der Waals surface area (Å²) in [5.74, 6) is 0.736. The van der Waals surface area contributed by atoms with Crippen molar-refractivity contribution in [3.63, 3.8) is 0 Å². The van der Waals surface area contributed by atoms with Crippen molar-refractivity contribution in [1.29, 1.82) is 0 Å². The summed E-state index contributed by atoms with van der Waals surface area (Å²) in [5.41, 5.74) is 0. The summed E-state index contributed by atoms with van der Waals surface area (Å²) >= 11 is 0. The predicted molar refractivity (Wildman–Crippen MR) is 80.7 cm³/mol. The Morgan fingerprint density at radius 1 is 1.24 bits per heavy atom. The lowest BCUT2D eigenvalue weighted by molar-refractivity contribution is 0.136. The molecule has 0 saturated heterocycles. The molecule has 0 aromatic heterocycles. The molecule has 1 aliphatic rings. The van der Waals surface area contributed by atoms with Crippen molar-refractivity contribution in [2.75, 3.05) is 20.3 Å². The average molecular weight is 313 g/mol. The number of rotatable bonds is 6. The molecule has 2 rings (SSSR count). The first-order valence-electron chi connectivity index (χ1n) is 7.32. The van der Waals surface area contributed by atoms with Gasteiger partial charge < -0.3 is 9.84 Å². The Kier molecular flexibility index (Phi) is 5.61. The first-order chi connectivity index (χ1) is 10.1. The maximum absolute atomic E-state index is 12.4. The summed E-state index contributed by atoms with van der Waals surface area (Å²) in [4.78, 5) is 0.156. The molecule has 0 bridgehead atoms. The van der Waals surface area contributed by atoms with Crippen LogP contribution in [-0.2, 0) is 10.0 Å². The van der Waals surface area contributed by atoms with Gasteiger partial charge in [-0.05, 0) is 36.8 Å².